The molecule has 2 heteroatoms. The predicted molar refractivity (Wildman–Crippen MR) is 71.7 cm³/mol. The highest BCUT2D eigenvalue weighted by Gasteiger charge is 2.10. The van der Waals surface area contributed by atoms with Crippen molar-refractivity contribution in [2.45, 2.75) is 46.1 Å². The van der Waals surface area contributed by atoms with E-state index >= 15 is 0 Å². The lowest BCUT2D eigenvalue weighted by atomic mass is 10.0. The SMILES string of the molecule is CC(C)c1ccccc1OCCOC(C)(C)C. The van der Waals surface area contributed by atoms with Crippen molar-refractivity contribution in [3.8, 4) is 5.75 Å². The van der Waals surface area contributed by atoms with Crippen LogP contribution in [0.5, 0.6) is 5.75 Å². The Kier molecular flexibility index (Phi) is 5.01. The minimum Gasteiger partial charge on any atom is -0.491 e. The smallest absolute Gasteiger partial charge is 0.122 e. The van der Waals surface area contributed by atoms with E-state index in [2.05, 4.69) is 40.7 Å². The molecular formula is C15H24O2. The fourth-order valence-electron chi connectivity index (χ4n) is 1.59. The van der Waals surface area contributed by atoms with E-state index in [-0.39, 0.29) is 5.60 Å². The predicted octanol–water partition coefficient (Wildman–Crippen LogP) is 4.00. The summed E-state index contributed by atoms with van der Waals surface area (Å²) in [7, 11) is 0. The molecule has 0 aromatic heterocycles. The van der Waals surface area contributed by atoms with Crippen molar-refractivity contribution in [1.29, 1.82) is 0 Å². The molecule has 0 heterocycles. The molecule has 1 aromatic carbocycles. The first-order valence-electron chi connectivity index (χ1n) is 6.26. The summed E-state index contributed by atoms with van der Waals surface area (Å²) in [6.45, 7) is 11.7. The van der Waals surface area contributed by atoms with Gasteiger partial charge in [-0.1, -0.05) is 32.0 Å². The summed E-state index contributed by atoms with van der Waals surface area (Å²) >= 11 is 0. The van der Waals surface area contributed by atoms with Crippen LogP contribution in [0.4, 0.5) is 0 Å². The summed E-state index contributed by atoms with van der Waals surface area (Å²) in [6, 6.07) is 8.19. The fraction of sp³-hybridized carbons (Fsp3) is 0.600. The zero-order chi connectivity index (χ0) is 12.9. The maximum absolute atomic E-state index is 5.77. The zero-order valence-corrected chi connectivity index (χ0v) is 11.6. The van der Waals surface area contributed by atoms with E-state index in [0.29, 0.717) is 19.1 Å². The maximum Gasteiger partial charge on any atom is 0.122 e. The topological polar surface area (TPSA) is 18.5 Å². The molecule has 0 spiro atoms. The van der Waals surface area contributed by atoms with Crippen molar-refractivity contribution >= 4 is 0 Å². The van der Waals surface area contributed by atoms with Crippen LogP contribution in [-0.2, 0) is 4.74 Å². The third kappa shape index (κ3) is 5.22. The minimum absolute atomic E-state index is 0.0963. The number of hydrogen-bond donors (Lipinski definition) is 0. The molecule has 1 aromatic rings. The van der Waals surface area contributed by atoms with Gasteiger partial charge in [0.1, 0.15) is 12.4 Å². The molecule has 0 aliphatic rings. The highest BCUT2D eigenvalue weighted by molar-refractivity contribution is 5.35. The summed E-state index contributed by atoms with van der Waals surface area (Å²) in [5, 5.41) is 0. The summed E-state index contributed by atoms with van der Waals surface area (Å²) in [5.41, 5.74) is 1.16. The molecular weight excluding hydrogens is 212 g/mol. The Hall–Kier alpha value is -1.02. The van der Waals surface area contributed by atoms with Crippen molar-refractivity contribution in [3.05, 3.63) is 29.8 Å². The second kappa shape index (κ2) is 6.06. The molecule has 2 nitrogen and oxygen atoms in total. The lowest BCUT2D eigenvalue weighted by Crippen LogP contribution is -2.22. The van der Waals surface area contributed by atoms with Gasteiger partial charge in [0.15, 0.2) is 0 Å². The summed E-state index contributed by atoms with van der Waals surface area (Å²) in [4.78, 5) is 0. The normalized spacial score (nSPS) is 11.9. The van der Waals surface area contributed by atoms with Crippen LogP contribution in [0.3, 0.4) is 0 Å². The van der Waals surface area contributed by atoms with Gasteiger partial charge in [-0.15, -0.1) is 0 Å². The van der Waals surface area contributed by atoms with Crippen molar-refractivity contribution in [1.82, 2.24) is 0 Å². The van der Waals surface area contributed by atoms with E-state index in [1.807, 2.05) is 18.2 Å². The Morgan fingerprint density at radius 2 is 1.71 bits per heavy atom. The van der Waals surface area contributed by atoms with Gasteiger partial charge in [0, 0.05) is 0 Å². The van der Waals surface area contributed by atoms with Gasteiger partial charge in [0.2, 0.25) is 0 Å². The van der Waals surface area contributed by atoms with Crippen LogP contribution in [0, 0.1) is 0 Å². The molecule has 96 valence electrons. The van der Waals surface area contributed by atoms with Crippen molar-refractivity contribution < 1.29 is 9.47 Å². The highest BCUT2D eigenvalue weighted by Crippen LogP contribution is 2.25. The van der Waals surface area contributed by atoms with Gasteiger partial charge < -0.3 is 9.47 Å². The Bertz CT molecular complexity index is 337. The molecule has 0 saturated carbocycles. The van der Waals surface area contributed by atoms with Gasteiger partial charge in [-0.05, 0) is 38.3 Å². The average Bonchev–Trinajstić information content (AvgIpc) is 2.23. The highest BCUT2D eigenvalue weighted by atomic mass is 16.5. The molecule has 1 rings (SSSR count). The third-order valence-electron chi connectivity index (χ3n) is 2.42. The zero-order valence-electron chi connectivity index (χ0n) is 11.6. The summed E-state index contributed by atoms with van der Waals surface area (Å²) in [5.74, 6) is 1.45. The molecule has 0 aliphatic carbocycles. The van der Waals surface area contributed by atoms with Crippen LogP contribution in [-0.4, -0.2) is 18.8 Å². The maximum atomic E-state index is 5.77. The number of para-hydroxylation sites is 1. The van der Waals surface area contributed by atoms with Crippen molar-refractivity contribution in [2.24, 2.45) is 0 Å². The molecule has 0 radical (unpaired) electrons. The van der Waals surface area contributed by atoms with Gasteiger partial charge in [0.25, 0.3) is 0 Å². The monoisotopic (exact) mass is 236 g/mol. The molecule has 17 heavy (non-hydrogen) atoms. The number of ether oxygens (including phenoxy) is 2. The van der Waals surface area contributed by atoms with E-state index < -0.39 is 0 Å². The average molecular weight is 236 g/mol. The molecule has 0 fully saturated rings. The van der Waals surface area contributed by atoms with Crippen LogP contribution in [0.25, 0.3) is 0 Å². The van der Waals surface area contributed by atoms with Gasteiger partial charge >= 0.3 is 0 Å². The Balaban J connectivity index is 2.47. The van der Waals surface area contributed by atoms with E-state index in [1.54, 1.807) is 0 Å². The third-order valence-corrected chi connectivity index (χ3v) is 2.42. The van der Waals surface area contributed by atoms with Crippen LogP contribution >= 0.6 is 0 Å². The van der Waals surface area contributed by atoms with Crippen LogP contribution in [0.2, 0.25) is 0 Å². The second-order valence-corrected chi connectivity index (χ2v) is 5.50. The Morgan fingerprint density at radius 3 is 2.29 bits per heavy atom. The van der Waals surface area contributed by atoms with Crippen LogP contribution in [0.15, 0.2) is 24.3 Å². The first-order valence-corrected chi connectivity index (χ1v) is 6.26. The number of hydrogen-bond acceptors (Lipinski definition) is 2. The molecule has 0 N–H and O–H groups in total. The number of benzene rings is 1. The summed E-state index contributed by atoms with van der Waals surface area (Å²) < 4.78 is 11.4. The largest absolute Gasteiger partial charge is 0.491 e. The van der Waals surface area contributed by atoms with E-state index in [0.717, 1.165) is 5.75 Å². The van der Waals surface area contributed by atoms with Crippen LogP contribution in [0.1, 0.15) is 46.1 Å². The number of rotatable bonds is 5. The molecule has 0 bridgehead atoms. The summed E-state index contributed by atoms with van der Waals surface area (Å²) in [6.07, 6.45) is 0. The molecule has 0 saturated heterocycles. The lowest BCUT2D eigenvalue weighted by molar-refractivity contribution is -0.0164. The van der Waals surface area contributed by atoms with Gasteiger partial charge in [0.05, 0.1) is 12.2 Å². The molecule has 0 amide bonds. The van der Waals surface area contributed by atoms with Gasteiger partial charge in [-0.25, -0.2) is 0 Å². The minimum atomic E-state index is -0.0963. The van der Waals surface area contributed by atoms with Gasteiger partial charge in [-0.2, -0.15) is 0 Å². The molecule has 0 atom stereocenters. The van der Waals surface area contributed by atoms with E-state index in [4.69, 9.17) is 9.47 Å². The molecule has 0 aliphatic heterocycles. The van der Waals surface area contributed by atoms with Crippen LogP contribution < -0.4 is 4.74 Å². The van der Waals surface area contributed by atoms with E-state index in [9.17, 15) is 0 Å². The first-order chi connectivity index (χ1) is 7.90. The second-order valence-electron chi connectivity index (χ2n) is 5.50. The fourth-order valence-corrected chi connectivity index (χ4v) is 1.59. The first kappa shape index (κ1) is 14.0. The Labute approximate surface area is 105 Å². The lowest BCUT2D eigenvalue weighted by Gasteiger charge is -2.20. The van der Waals surface area contributed by atoms with E-state index in [1.165, 1.54) is 5.56 Å². The Morgan fingerprint density at radius 1 is 1.06 bits per heavy atom. The quantitative estimate of drug-likeness (QED) is 0.719. The van der Waals surface area contributed by atoms with Crippen molar-refractivity contribution in [3.63, 3.8) is 0 Å². The standard InChI is InChI=1S/C15H24O2/c1-12(2)13-8-6-7-9-14(13)16-10-11-17-15(3,4)5/h6-9,12H,10-11H2,1-5H3. The van der Waals surface area contributed by atoms with Crippen molar-refractivity contribution in [2.75, 3.05) is 13.2 Å². The van der Waals surface area contributed by atoms with Gasteiger partial charge in [-0.3, -0.25) is 0 Å². The molecule has 0 unspecified atom stereocenters.